The molecule has 1 aliphatic rings. The highest BCUT2D eigenvalue weighted by Crippen LogP contribution is 2.53. The summed E-state index contributed by atoms with van der Waals surface area (Å²) in [4.78, 5) is 0. The van der Waals surface area contributed by atoms with E-state index in [4.69, 9.17) is 4.74 Å². The van der Waals surface area contributed by atoms with Crippen molar-refractivity contribution in [3.63, 3.8) is 0 Å². The van der Waals surface area contributed by atoms with Gasteiger partial charge in [-0.25, -0.2) is 0 Å². The van der Waals surface area contributed by atoms with Gasteiger partial charge in [-0.2, -0.15) is 0 Å². The summed E-state index contributed by atoms with van der Waals surface area (Å²) in [5.41, 5.74) is 2.41. The molecule has 1 aromatic rings. The topological polar surface area (TPSA) is 29.5 Å². The van der Waals surface area contributed by atoms with E-state index < -0.39 is 0 Å². The van der Waals surface area contributed by atoms with Crippen LogP contribution in [0.2, 0.25) is 0 Å². The van der Waals surface area contributed by atoms with Crippen molar-refractivity contribution in [1.29, 1.82) is 0 Å². The molecule has 0 radical (unpaired) electrons. The van der Waals surface area contributed by atoms with Gasteiger partial charge in [-0.1, -0.05) is 23.8 Å². The number of allylic oxidation sites excluding steroid dienone is 1. The van der Waals surface area contributed by atoms with E-state index in [1.807, 2.05) is 31.2 Å². The lowest BCUT2D eigenvalue weighted by Crippen LogP contribution is -2.12. The van der Waals surface area contributed by atoms with Crippen LogP contribution in [0.3, 0.4) is 0 Å². The molecular formula is C13H16O2. The average molecular weight is 204 g/mol. The summed E-state index contributed by atoms with van der Waals surface area (Å²) in [6.07, 6.45) is 3.08. The molecule has 2 heteroatoms. The van der Waals surface area contributed by atoms with Crippen LogP contribution in [0.25, 0.3) is 0 Å². The highest BCUT2D eigenvalue weighted by molar-refractivity contribution is 5.50. The van der Waals surface area contributed by atoms with Gasteiger partial charge in [0, 0.05) is 5.41 Å². The van der Waals surface area contributed by atoms with Gasteiger partial charge in [0.2, 0.25) is 0 Å². The zero-order chi connectivity index (χ0) is 10.9. The first-order chi connectivity index (χ1) is 7.26. The molecule has 0 bridgehead atoms. The van der Waals surface area contributed by atoms with Gasteiger partial charge in [0.05, 0.1) is 13.7 Å². The summed E-state index contributed by atoms with van der Waals surface area (Å²) in [6, 6.07) is 7.95. The quantitative estimate of drug-likeness (QED) is 0.765. The maximum atomic E-state index is 9.47. The van der Waals surface area contributed by atoms with E-state index in [-0.39, 0.29) is 12.0 Å². The summed E-state index contributed by atoms with van der Waals surface area (Å²) in [7, 11) is 1.66. The summed E-state index contributed by atoms with van der Waals surface area (Å²) in [5.74, 6) is 0.856. The van der Waals surface area contributed by atoms with Crippen molar-refractivity contribution >= 4 is 0 Å². The van der Waals surface area contributed by atoms with Crippen molar-refractivity contribution in [2.24, 2.45) is 0 Å². The number of aliphatic hydroxyl groups is 1. The van der Waals surface area contributed by atoms with E-state index in [2.05, 4.69) is 6.08 Å². The van der Waals surface area contributed by atoms with Crippen molar-refractivity contribution in [1.82, 2.24) is 0 Å². The Hall–Kier alpha value is -1.28. The van der Waals surface area contributed by atoms with E-state index >= 15 is 0 Å². The van der Waals surface area contributed by atoms with Crippen LogP contribution in [0.1, 0.15) is 18.9 Å². The first kappa shape index (κ1) is 10.2. The molecule has 2 rings (SSSR count). The van der Waals surface area contributed by atoms with Crippen LogP contribution < -0.4 is 4.74 Å². The molecule has 1 saturated carbocycles. The van der Waals surface area contributed by atoms with E-state index in [0.717, 1.165) is 12.2 Å². The summed E-state index contributed by atoms with van der Waals surface area (Å²) in [5, 5.41) is 9.47. The van der Waals surface area contributed by atoms with Crippen molar-refractivity contribution < 1.29 is 9.84 Å². The van der Waals surface area contributed by atoms with Gasteiger partial charge in [0.1, 0.15) is 5.75 Å². The van der Waals surface area contributed by atoms with Crippen molar-refractivity contribution in [3.8, 4) is 5.75 Å². The van der Waals surface area contributed by atoms with Crippen LogP contribution in [0, 0.1) is 0 Å². The van der Waals surface area contributed by atoms with Crippen LogP contribution in [0.15, 0.2) is 35.9 Å². The van der Waals surface area contributed by atoms with Gasteiger partial charge in [-0.15, -0.1) is 0 Å². The van der Waals surface area contributed by atoms with E-state index in [1.54, 1.807) is 7.11 Å². The van der Waals surface area contributed by atoms with Crippen LogP contribution in [0.4, 0.5) is 0 Å². The number of hydrogen-bond acceptors (Lipinski definition) is 2. The fraction of sp³-hybridized carbons (Fsp3) is 0.385. The molecule has 0 spiro atoms. The number of rotatable bonds is 3. The molecule has 0 unspecified atom stereocenters. The van der Waals surface area contributed by atoms with Crippen LogP contribution >= 0.6 is 0 Å². The van der Waals surface area contributed by atoms with Gasteiger partial charge in [-0.3, -0.25) is 0 Å². The molecule has 1 N–H and O–H groups in total. The Morgan fingerprint density at radius 2 is 2.07 bits per heavy atom. The Balaban J connectivity index is 2.30. The first-order valence-electron chi connectivity index (χ1n) is 5.18. The highest BCUT2D eigenvalue weighted by Gasteiger charge is 2.48. The van der Waals surface area contributed by atoms with Crippen LogP contribution in [-0.2, 0) is 5.41 Å². The van der Waals surface area contributed by atoms with Gasteiger partial charge >= 0.3 is 0 Å². The van der Waals surface area contributed by atoms with Gasteiger partial charge < -0.3 is 9.84 Å². The zero-order valence-electron chi connectivity index (χ0n) is 9.16. The summed E-state index contributed by atoms with van der Waals surface area (Å²) in [6.45, 7) is 2.22. The third-order valence-corrected chi connectivity index (χ3v) is 3.24. The smallest absolute Gasteiger partial charge is 0.118 e. The molecule has 80 valence electrons. The largest absolute Gasteiger partial charge is 0.497 e. The molecule has 0 amide bonds. The molecule has 0 aliphatic heterocycles. The minimum atomic E-state index is -0.0962. The monoisotopic (exact) mass is 204 g/mol. The minimum Gasteiger partial charge on any atom is -0.497 e. The normalized spacial score (nSPS) is 26.7. The highest BCUT2D eigenvalue weighted by atomic mass is 16.5. The van der Waals surface area contributed by atoms with Gasteiger partial charge in [0.25, 0.3) is 0 Å². The van der Waals surface area contributed by atoms with Gasteiger partial charge in [0.15, 0.2) is 0 Å². The SMILES string of the molecule is C/C=C1\C[C@@]1(CO)c1ccc(OC)cc1. The molecule has 1 atom stereocenters. The lowest BCUT2D eigenvalue weighted by atomic mass is 9.96. The number of aliphatic hydroxyl groups excluding tert-OH is 1. The Bertz CT molecular complexity index is 378. The molecule has 1 aliphatic carbocycles. The molecule has 1 fully saturated rings. The Labute approximate surface area is 90.2 Å². The standard InChI is InChI=1S/C13H16O2/c1-3-10-8-13(10,9-14)11-4-6-12(15-2)7-5-11/h3-7,14H,8-9H2,1-2H3/b10-3+/t13-/m0/s1. The Morgan fingerprint density at radius 1 is 1.40 bits per heavy atom. The molecule has 15 heavy (non-hydrogen) atoms. The molecule has 0 saturated heterocycles. The lowest BCUT2D eigenvalue weighted by molar-refractivity contribution is 0.261. The fourth-order valence-corrected chi connectivity index (χ4v) is 2.11. The number of methoxy groups -OCH3 is 1. The summed E-state index contributed by atoms with van der Waals surface area (Å²) < 4.78 is 5.11. The number of ether oxygens (including phenoxy) is 1. The second kappa shape index (κ2) is 3.70. The maximum Gasteiger partial charge on any atom is 0.118 e. The van der Waals surface area contributed by atoms with Crippen molar-refractivity contribution in [2.75, 3.05) is 13.7 Å². The average Bonchev–Trinajstić information content (AvgIpc) is 3.04. The minimum absolute atomic E-state index is 0.0962. The molecular weight excluding hydrogens is 188 g/mol. The van der Waals surface area contributed by atoms with Crippen molar-refractivity contribution in [2.45, 2.75) is 18.8 Å². The lowest BCUT2D eigenvalue weighted by Gasteiger charge is -2.12. The number of benzene rings is 1. The second-order valence-corrected chi connectivity index (χ2v) is 3.96. The third-order valence-electron chi connectivity index (χ3n) is 3.24. The molecule has 1 aromatic carbocycles. The third kappa shape index (κ3) is 1.55. The van der Waals surface area contributed by atoms with Crippen LogP contribution in [-0.4, -0.2) is 18.8 Å². The number of hydrogen-bond donors (Lipinski definition) is 1. The molecule has 0 aromatic heterocycles. The van der Waals surface area contributed by atoms with Crippen molar-refractivity contribution in [3.05, 3.63) is 41.5 Å². The van der Waals surface area contributed by atoms with E-state index in [1.165, 1.54) is 11.1 Å². The predicted molar refractivity (Wildman–Crippen MR) is 60.1 cm³/mol. The molecule has 2 nitrogen and oxygen atoms in total. The summed E-state index contributed by atoms with van der Waals surface area (Å²) >= 11 is 0. The molecule has 0 heterocycles. The van der Waals surface area contributed by atoms with E-state index in [9.17, 15) is 5.11 Å². The van der Waals surface area contributed by atoms with E-state index in [0.29, 0.717) is 0 Å². The predicted octanol–water partition coefficient (Wildman–Crippen LogP) is 2.28. The first-order valence-corrected chi connectivity index (χ1v) is 5.18. The fourth-order valence-electron chi connectivity index (χ4n) is 2.11. The second-order valence-electron chi connectivity index (χ2n) is 3.96. The van der Waals surface area contributed by atoms with Gasteiger partial charge in [-0.05, 0) is 31.0 Å². The maximum absolute atomic E-state index is 9.47. The van der Waals surface area contributed by atoms with Crippen LogP contribution in [0.5, 0.6) is 5.75 Å². The Kier molecular flexibility index (Phi) is 2.53. The Morgan fingerprint density at radius 3 is 2.47 bits per heavy atom. The zero-order valence-corrected chi connectivity index (χ0v) is 9.16.